The first-order chi connectivity index (χ1) is 11.6. The number of carbonyl (C=O) groups is 1. The molecule has 0 radical (unpaired) electrons. The third kappa shape index (κ3) is 4.06. The molecule has 1 saturated heterocycles. The Balaban J connectivity index is 1.75. The summed E-state index contributed by atoms with van der Waals surface area (Å²) in [4.78, 5) is 18.9. The van der Waals surface area contributed by atoms with E-state index in [9.17, 15) is 4.79 Å². The lowest BCUT2D eigenvalue weighted by Crippen LogP contribution is -2.32. The summed E-state index contributed by atoms with van der Waals surface area (Å²) in [6.45, 7) is 3.62. The summed E-state index contributed by atoms with van der Waals surface area (Å²) >= 11 is 6.17. The maximum Gasteiger partial charge on any atom is 0.272 e. The predicted octanol–water partition coefficient (Wildman–Crippen LogP) is 4.80. The molecule has 0 saturated carbocycles. The molecule has 1 N–H and O–H groups in total. The van der Waals surface area contributed by atoms with E-state index in [1.807, 2.05) is 36.1 Å². The molecule has 126 valence electrons. The van der Waals surface area contributed by atoms with Crippen molar-refractivity contribution in [2.24, 2.45) is 0 Å². The molecule has 0 unspecified atom stereocenters. The van der Waals surface area contributed by atoms with E-state index in [0.717, 1.165) is 47.9 Å². The number of halogens is 1. The van der Waals surface area contributed by atoms with E-state index in [1.165, 1.54) is 12.8 Å². The number of nitrogens with zero attached hydrogens (tertiary/aromatic N) is 2. The van der Waals surface area contributed by atoms with E-state index in [1.54, 1.807) is 12.3 Å². The van der Waals surface area contributed by atoms with Crippen molar-refractivity contribution >= 4 is 28.9 Å². The number of benzene rings is 1. The monoisotopic (exact) mass is 343 g/mol. The number of carbonyl (C=O) groups excluding carboxylic acids is 1. The maximum atomic E-state index is 12.7. The molecule has 1 fully saturated rings. The summed E-state index contributed by atoms with van der Waals surface area (Å²) in [5.74, 6) is 0.0162. The first kappa shape index (κ1) is 16.8. The minimum absolute atomic E-state index is 0.0162. The number of nitrogens with one attached hydrogen (secondary N) is 1. The van der Waals surface area contributed by atoms with E-state index in [0.29, 0.717) is 5.69 Å². The molecule has 0 spiro atoms. The number of pyridine rings is 1. The van der Waals surface area contributed by atoms with E-state index < -0.39 is 0 Å². The second kappa shape index (κ2) is 7.67. The van der Waals surface area contributed by atoms with Crippen molar-refractivity contribution in [3.05, 3.63) is 52.8 Å². The molecule has 1 aliphatic heterocycles. The van der Waals surface area contributed by atoms with Crippen molar-refractivity contribution in [1.29, 1.82) is 0 Å². The van der Waals surface area contributed by atoms with Gasteiger partial charge in [0, 0.05) is 35.7 Å². The average Bonchev–Trinajstić information content (AvgIpc) is 2.87. The number of likely N-dealkylation sites (tertiary alicyclic amines) is 1. The second-order valence-electron chi connectivity index (χ2n) is 6.23. The SMILES string of the molecule is Cc1ccc(Nc2ccnc(C(=O)N3CCCCCC3)c2)cc1Cl. The number of aromatic nitrogens is 1. The quantitative estimate of drug-likeness (QED) is 0.870. The van der Waals surface area contributed by atoms with E-state index in [4.69, 9.17) is 11.6 Å². The Morgan fingerprint density at radius 3 is 2.50 bits per heavy atom. The molecule has 4 nitrogen and oxygen atoms in total. The van der Waals surface area contributed by atoms with E-state index in [2.05, 4.69) is 10.3 Å². The van der Waals surface area contributed by atoms with Crippen LogP contribution in [0.3, 0.4) is 0 Å². The Kier molecular flexibility index (Phi) is 5.36. The van der Waals surface area contributed by atoms with Gasteiger partial charge in [0.2, 0.25) is 0 Å². The highest BCUT2D eigenvalue weighted by Crippen LogP contribution is 2.23. The van der Waals surface area contributed by atoms with Gasteiger partial charge in [-0.2, -0.15) is 0 Å². The second-order valence-corrected chi connectivity index (χ2v) is 6.63. The molecule has 5 heteroatoms. The topological polar surface area (TPSA) is 45.2 Å². The molecule has 2 heterocycles. The van der Waals surface area contributed by atoms with Crippen molar-refractivity contribution in [2.75, 3.05) is 18.4 Å². The Bertz CT molecular complexity index is 724. The lowest BCUT2D eigenvalue weighted by Gasteiger charge is -2.20. The van der Waals surface area contributed by atoms with Gasteiger partial charge in [0.1, 0.15) is 5.69 Å². The van der Waals surface area contributed by atoms with Crippen LogP contribution in [0.25, 0.3) is 0 Å². The van der Waals surface area contributed by atoms with Gasteiger partial charge in [-0.05, 0) is 49.6 Å². The van der Waals surface area contributed by atoms with Crippen LogP contribution in [0, 0.1) is 6.92 Å². The zero-order valence-electron chi connectivity index (χ0n) is 13.9. The van der Waals surface area contributed by atoms with Gasteiger partial charge in [0.05, 0.1) is 0 Å². The first-order valence-corrected chi connectivity index (χ1v) is 8.80. The van der Waals surface area contributed by atoms with Gasteiger partial charge in [0.25, 0.3) is 5.91 Å². The zero-order chi connectivity index (χ0) is 16.9. The third-order valence-electron chi connectivity index (χ3n) is 4.33. The zero-order valence-corrected chi connectivity index (χ0v) is 14.6. The summed E-state index contributed by atoms with van der Waals surface area (Å²) in [7, 11) is 0. The number of aryl methyl sites for hydroxylation is 1. The summed E-state index contributed by atoms with van der Waals surface area (Å²) in [6, 6.07) is 9.48. The fourth-order valence-corrected chi connectivity index (χ4v) is 3.08. The van der Waals surface area contributed by atoms with Crippen molar-refractivity contribution < 1.29 is 4.79 Å². The predicted molar refractivity (Wildman–Crippen MR) is 98.1 cm³/mol. The van der Waals surface area contributed by atoms with Gasteiger partial charge in [-0.15, -0.1) is 0 Å². The summed E-state index contributed by atoms with van der Waals surface area (Å²) in [6.07, 6.45) is 6.22. The van der Waals surface area contributed by atoms with Crippen LogP contribution in [0.4, 0.5) is 11.4 Å². The Hall–Kier alpha value is -2.07. The smallest absolute Gasteiger partial charge is 0.272 e. The summed E-state index contributed by atoms with van der Waals surface area (Å²) < 4.78 is 0. The molecule has 0 aliphatic carbocycles. The Morgan fingerprint density at radius 1 is 1.08 bits per heavy atom. The molecular formula is C19H22ClN3O. The Morgan fingerprint density at radius 2 is 1.79 bits per heavy atom. The fourth-order valence-electron chi connectivity index (χ4n) is 2.90. The van der Waals surface area contributed by atoms with Gasteiger partial charge in [-0.1, -0.05) is 30.5 Å². The minimum atomic E-state index is 0.0162. The van der Waals surface area contributed by atoms with Crippen LogP contribution in [0.1, 0.15) is 41.7 Å². The molecule has 0 atom stereocenters. The van der Waals surface area contributed by atoms with Crippen molar-refractivity contribution in [3.63, 3.8) is 0 Å². The van der Waals surface area contributed by atoms with Crippen molar-refractivity contribution in [3.8, 4) is 0 Å². The highest BCUT2D eigenvalue weighted by atomic mass is 35.5. The van der Waals surface area contributed by atoms with Crippen LogP contribution < -0.4 is 5.32 Å². The number of hydrogen-bond acceptors (Lipinski definition) is 3. The molecule has 1 amide bonds. The van der Waals surface area contributed by atoms with Gasteiger partial charge < -0.3 is 10.2 Å². The lowest BCUT2D eigenvalue weighted by atomic mass is 10.2. The van der Waals surface area contributed by atoms with Crippen LogP contribution in [-0.2, 0) is 0 Å². The number of anilines is 2. The number of rotatable bonds is 3. The molecule has 3 rings (SSSR count). The fraction of sp³-hybridized carbons (Fsp3) is 0.368. The van der Waals surface area contributed by atoms with Gasteiger partial charge in [-0.25, -0.2) is 0 Å². The highest BCUT2D eigenvalue weighted by Gasteiger charge is 2.18. The van der Waals surface area contributed by atoms with Crippen LogP contribution in [-0.4, -0.2) is 28.9 Å². The van der Waals surface area contributed by atoms with Gasteiger partial charge in [-0.3, -0.25) is 9.78 Å². The number of amides is 1. The highest BCUT2D eigenvalue weighted by molar-refractivity contribution is 6.31. The molecular weight excluding hydrogens is 322 g/mol. The molecule has 1 aliphatic rings. The maximum absolute atomic E-state index is 12.7. The van der Waals surface area contributed by atoms with Gasteiger partial charge >= 0.3 is 0 Å². The first-order valence-electron chi connectivity index (χ1n) is 8.42. The van der Waals surface area contributed by atoms with Crippen molar-refractivity contribution in [1.82, 2.24) is 9.88 Å². The molecule has 1 aromatic heterocycles. The molecule has 2 aromatic rings. The van der Waals surface area contributed by atoms with Crippen LogP contribution in [0.2, 0.25) is 5.02 Å². The van der Waals surface area contributed by atoms with Gasteiger partial charge in [0.15, 0.2) is 0 Å². The molecule has 24 heavy (non-hydrogen) atoms. The minimum Gasteiger partial charge on any atom is -0.355 e. The summed E-state index contributed by atoms with van der Waals surface area (Å²) in [5, 5.41) is 4.00. The van der Waals surface area contributed by atoms with E-state index >= 15 is 0 Å². The molecule has 1 aromatic carbocycles. The standard InChI is InChI=1S/C19H22ClN3O/c1-14-6-7-15(12-17(14)20)22-16-8-9-21-18(13-16)19(24)23-10-4-2-3-5-11-23/h6-9,12-13H,2-5,10-11H2,1H3,(H,21,22). The number of hydrogen-bond donors (Lipinski definition) is 1. The average molecular weight is 344 g/mol. The van der Waals surface area contributed by atoms with E-state index in [-0.39, 0.29) is 5.91 Å². The normalized spacial score (nSPS) is 15.0. The Labute approximate surface area is 147 Å². The third-order valence-corrected chi connectivity index (χ3v) is 4.74. The largest absolute Gasteiger partial charge is 0.355 e. The lowest BCUT2D eigenvalue weighted by molar-refractivity contribution is 0.0756. The molecule has 0 bridgehead atoms. The van der Waals surface area contributed by atoms with Crippen LogP contribution in [0.5, 0.6) is 0 Å². The summed E-state index contributed by atoms with van der Waals surface area (Å²) in [5.41, 5.74) is 3.25. The van der Waals surface area contributed by atoms with Crippen LogP contribution >= 0.6 is 11.6 Å². The van der Waals surface area contributed by atoms with Crippen LogP contribution in [0.15, 0.2) is 36.5 Å². The van der Waals surface area contributed by atoms with Crippen molar-refractivity contribution in [2.45, 2.75) is 32.6 Å².